The molecule has 0 amide bonds. The number of nitrogen functional groups attached to an aromatic ring is 1. The van der Waals surface area contributed by atoms with Crippen molar-refractivity contribution in [2.24, 2.45) is 5.92 Å². The summed E-state index contributed by atoms with van der Waals surface area (Å²) in [4.78, 5) is 7.10. The predicted octanol–water partition coefficient (Wildman–Crippen LogP) is 4.88. The van der Waals surface area contributed by atoms with E-state index in [-0.39, 0.29) is 12.4 Å². The van der Waals surface area contributed by atoms with Gasteiger partial charge in [0.05, 0.1) is 5.52 Å². The van der Waals surface area contributed by atoms with Gasteiger partial charge in [-0.1, -0.05) is 18.2 Å². The molecule has 1 saturated heterocycles. The van der Waals surface area contributed by atoms with Crippen LogP contribution in [-0.4, -0.2) is 36.1 Å². The molecule has 0 spiro atoms. The van der Waals surface area contributed by atoms with Gasteiger partial charge in [-0.05, 0) is 87.2 Å². The van der Waals surface area contributed by atoms with Crippen molar-refractivity contribution < 1.29 is 4.74 Å². The van der Waals surface area contributed by atoms with Crippen LogP contribution < -0.4 is 10.5 Å². The van der Waals surface area contributed by atoms with Gasteiger partial charge in [-0.3, -0.25) is 9.88 Å². The Kier molecular flexibility index (Phi) is 7.34. The summed E-state index contributed by atoms with van der Waals surface area (Å²) in [6, 6.07) is 18.6. The zero-order valence-electron chi connectivity index (χ0n) is 17.0. The number of hydrogen-bond donors (Lipinski definition) is 1. The lowest BCUT2D eigenvalue weighted by molar-refractivity contribution is 0.155. The highest BCUT2D eigenvalue weighted by Gasteiger charge is 2.19. The normalized spacial score (nSPS) is 15.2. The van der Waals surface area contributed by atoms with Crippen LogP contribution in [0.4, 0.5) is 5.69 Å². The van der Waals surface area contributed by atoms with Crippen molar-refractivity contribution >= 4 is 29.0 Å². The number of benzene rings is 2. The molecule has 5 heteroatoms. The monoisotopic (exact) mass is 411 g/mol. The van der Waals surface area contributed by atoms with E-state index in [0.29, 0.717) is 6.61 Å². The number of hydrogen-bond acceptors (Lipinski definition) is 4. The molecule has 0 bridgehead atoms. The smallest absolute Gasteiger partial charge is 0.128 e. The van der Waals surface area contributed by atoms with Crippen molar-refractivity contribution in [2.75, 3.05) is 32.0 Å². The van der Waals surface area contributed by atoms with Gasteiger partial charge in [0.2, 0.25) is 0 Å². The Bertz CT molecular complexity index is 938. The Morgan fingerprint density at radius 2 is 1.86 bits per heavy atom. The molecule has 1 aliphatic rings. The second-order valence-corrected chi connectivity index (χ2v) is 7.86. The number of fused-ring (bicyclic) bond motifs is 1. The number of halogens is 1. The maximum absolute atomic E-state index is 6.10. The van der Waals surface area contributed by atoms with Gasteiger partial charge in [-0.2, -0.15) is 0 Å². The first-order valence-electron chi connectivity index (χ1n) is 10.2. The molecule has 2 heterocycles. The van der Waals surface area contributed by atoms with Crippen LogP contribution in [0.3, 0.4) is 0 Å². The SMILES string of the molecule is Cc1ccc2c(OCCN3CCC(Cc4cccc(N)c4)CC3)cccc2n1.Cl. The van der Waals surface area contributed by atoms with Crippen molar-refractivity contribution in [1.82, 2.24) is 9.88 Å². The molecule has 4 rings (SSSR count). The molecule has 1 aliphatic heterocycles. The molecule has 1 aromatic heterocycles. The van der Waals surface area contributed by atoms with Crippen LogP contribution in [0.15, 0.2) is 54.6 Å². The first-order valence-corrected chi connectivity index (χ1v) is 10.2. The quantitative estimate of drug-likeness (QED) is 0.587. The maximum atomic E-state index is 6.10. The topological polar surface area (TPSA) is 51.4 Å². The second-order valence-electron chi connectivity index (χ2n) is 7.86. The lowest BCUT2D eigenvalue weighted by Crippen LogP contribution is -2.37. The number of nitrogens with zero attached hydrogens (tertiary/aromatic N) is 2. The minimum atomic E-state index is 0. The molecular formula is C24H30ClN3O. The molecule has 0 saturated carbocycles. The van der Waals surface area contributed by atoms with Crippen molar-refractivity contribution in [1.29, 1.82) is 0 Å². The molecule has 154 valence electrons. The van der Waals surface area contributed by atoms with Gasteiger partial charge in [0.1, 0.15) is 12.4 Å². The number of ether oxygens (including phenoxy) is 1. The number of pyridine rings is 1. The Morgan fingerprint density at radius 3 is 2.66 bits per heavy atom. The number of rotatable bonds is 6. The van der Waals surface area contributed by atoms with Crippen molar-refractivity contribution in [3.8, 4) is 5.75 Å². The lowest BCUT2D eigenvalue weighted by atomic mass is 9.90. The average Bonchev–Trinajstić information content (AvgIpc) is 2.69. The maximum Gasteiger partial charge on any atom is 0.128 e. The summed E-state index contributed by atoms with van der Waals surface area (Å²) < 4.78 is 6.10. The van der Waals surface area contributed by atoms with E-state index < -0.39 is 0 Å². The summed E-state index contributed by atoms with van der Waals surface area (Å²) in [5.41, 5.74) is 10.2. The van der Waals surface area contributed by atoms with Gasteiger partial charge in [-0.25, -0.2) is 0 Å². The van der Waals surface area contributed by atoms with Crippen LogP contribution in [-0.2, 0) is 6.42 Å². The van der Waals surface area contributed by atoms with Crippen LogP contribution in [0.5, 0.6) is 5.75 Å². The standard InChI is InChI=1S/C24H29N3O.ClH/c1-18-8-9-22-23(26-18)6-3-7-24(22)28-15-14-27-12-10-19(11-13-27)16-20-4-2-5-21(25)17-20;/h2-9,17,19H,10-16,25H2,1H3;1H. The third-order valence-electron chi connectivity index (χ3n) is 5.68. The molecule has 29 heavy (non-hydrogen) atoms. The summed E-state index contributed by atoms with van der Waals surface area (Å²) in [5, 5.41) is 1.09. The Labute approximate surface area is 179 Å². The van der Waals surface area contributed by atoms with Crippen LogP contribution >= 0.6 is 12.4 Å². The van der Waals surface area contributed by atoms with Crippen molar-refractivity contribution in [3.63, 3.8) is 0 Å². The van der Waals surface area contributed by atoms with E-state index in [0.717, 1.165) is 60.0 Å². The predicted molar refractivity (Wildman–Crippen MR) is 123 cm³/mol. The van der Waals surface area contributed by atoms with Crippen molar-refractivity contribution in [2.45, 2.75) is 26.2 Å². The molecule has 0 unspecified atom stereocenters. The van der Waals surface area contributed by atoms with E-state index in [1.807, 2.05) is 37.3 Å². The molecule has 4 nitrogen and oxygen atoms in total. The average molecular weight is 412 g/mol. The van der Waals surface area contributed by atoms with Gasteiger partial charge in [0.15, 0.2) is 0 Å². The van der Waals surface area contributed by atoms with Crippen molar-refractivity contribution in [3.05, 3.63) is 65.9 Å². The van der Waals surface area contributed by atoms with E-state index in [4.69, 9.17) is 10.5 Å². The van der Waals surface area contributed by atoms with E-state index >= 15 is 0 Å². The minimum absolute atomic E-state index is 0. The summed E-state index contributed by atoms with van der Waals surface area (Å²) in [7, 11) is 0. The summed E-state index contributed by atoms with van der Waals surface area (Å²) in [6.45, 7) is 6.00. The van der Waals surface area contributed by atoms with Gasteiger partial charge in [0, 0.05) is 23.3 Å². The largest absolute Gasteiger partial charge is 0.492 e. The number of anilines is 1. The summed E-state index contributed by atoms with van der Waals surface area (Å²) >= 11 is 0. The van der Waals surface area contributed by atoms with E-state index in [9.17, 15) is 0 Å². The number of nitrogens with two attached hydrogens (primary N) is 1. The number of piperidine rings is 1. The highest BCUT2D eigenvalue weighted by atomic mass is 35.5. The zero-order valence-corrected chi connectivity index (χ0v) is 17.8. The molecule has 0 atom stereocenters. The third-order valence-corrected chi connectivity index (χ3v) is 5.68. The molecule has 3 aromatic rings. The highest BCUT2D eigenvalue weighted by molar-refractivity contribution is 5.85. The van der Waals surface area contributed by atoms with E-state index in [1.54, 1.807) is 0 Å². The minimum Gasteiger partial charge on any atom is -0.492 e. The fourth-order valence-electron chi connectivity index (χ4n) is 4.11. The first kappa shape index (κ1) is 21.4. The molecule has 2 N–H and O–H groups in total. The lowest BCUT2D eigenvalue weighted by Gasteiger charge is -2.32. The number of aromatic nitrogens is 1. The van der Waals surface area contributed by atoms with Gasteiger partial charge in [0.25, 0.3) is 0 Å². The molecule has 0 radical (unpaired) electrons. The highest BCUT2D eigenvalue weighted by Crippen LogP contribution is 2.25. The second kappa shape index (κ2) is 9.95. The first-order chi connectivity index (χ1) is 13.7. The van der Waals surface area contributed by atoms with E-state index in [2.05, 4.69) is 34.1 Å². The van der Waals surface area contributed by atoms with Gasteiger partial charge in [-0.15, -0.1) is 12.4 Å². The summed E-state index contributed by atoms with van der Waals surface area (Å²) in [5.74, 6) is 1.69. The van der Waals surface area contributed by atoms with Crippen LogP contribution in [0.1, 0.15) is 24.1 Å². The third kappa shape index (κ3) is 5.62. The molecule has 2 aromatic carbocycles. The van der Waals surface area contributed by atoms with Crippen LogP contribution in [0.25, 0.3) is 10.9 Å². The fraction of sp³-hybridized carbons (Fsp3) is 0.375. The number of likely N-dealkylation sites (tertiary alicyclic amines) is 1. The van der Waals surface area contributed by atoms with Crippen LogP contribution in [0, 0.1) is 12.8 Å². The molecular weight excluding hydrogens is 382 g/mol. The summed E-state index contributed by atoms with van der Waals surface area (Å²) in [6.07, 6.45) is 3.62. The molecule has 0 aliphatic carbocycles. The molecule has 1 fully saturated rings. The Balaban J connectivity index is 0.00000240. The van der Waals surface area contributed by atoms with E-state index in [1.165, 1.54) is 18.4 Å². The fourth-order valence-corrected chi connectivity index (χ4v) is 4.11. The Hall–Kier alpha value is -2.30. The number of aryl methyl sites for hydroxylation is 1. The Morgan fingerprint density at radius 1 is 1.07 bits per heavy atom. The van der Waals surface area contributed by atoms with Gasteiger partial charge >= 0.3 is 0 Å². The van der Waals surface area contributed by atoms with Crippen LogP contribution in [0.2, 0.25) is 0 Å². The zero-order chi connectivity index (χ0) is 19.3. The van der Waals surface area contributed by atoms with Gasteiger partial charge < -0.3 is 10.5 Å².